The molecule has 1 aromatic carbocycles. The van der Waals surface area contributed by atoms with Crippen LogP contribution in [0.5, 0.6) is 11.5 Å². The molecule has 4 atom stereocenters. The van der Waals surface area contributed by atoms with Crippen LogP contribution in [0.4, 0.5) is 0 Å². The van der Waals surface area contributed by atoms with Crippen LogP contribution in [-0.2, 0) is 23.4 Å². The highest BCUT2D eigenvalue weighted by Gasteiger charge is 2.50. The molecule has 0 radical (unpaired) electrons. The molecule has 192 valence electrons. The van der Waals surface area contributed by atoms with Gasteiger partial charge in [-0.25, -0.2) is 0 Å². The Balaban J connectivity index is 1.89. The van der Waals surface area contributed by atoms with E-state index in [0.29, 0.717) is 17.1 Å². The third kappa shape index (κ3) is 5.94. The predicted octanol–water partition coefficient (Wildman–Crippen LogP) is 4.35. The zero-order valence-corrected chi connectivity index (χ0v) is 22.8. The van der Waals surface area contributed by atoms with Gasteiger partial charge in [-0.2, -0.15) is 0 Å². The lowest BCUT2D eigenvalue weighted by Crippen LogP contribution is -2.47. The number of hydrogen-bond acceptors (Lipinski definition) is 8. The third-order valence-electron chi connectivity index (χ3n) is 6.68. The van der Waals surface area contributed by atoms with Gasteiger partial charge in [-0.3, -0.25) is 4.79 Å². The molecule has 0 amide bonds. The van der Waals surface area contributed by atoms with E-state index >= 15 is 0 Å². The van der Waals surface area contributed by atoms with Crippen LogP contribution in [0.2, 0.25) is 18.1 Å². The second kappa shape index (κ2) is 9.77. The smallest absolute Gasteiger partial charge is 0.316 e. The van der Waals surface area contributed by atoms with Crippen LogP contribution in [0.1, 0.15) is 59.9 Å². The number of fused-ring (bicyclic) bond motifs is 1. The van der Waals surface area contributed by atoms with Crippen LogP contribution in [0, 0.1) is 0 Å². The molecule has 2 aliphatic rings. The van der Waals surface area contributed by atoms with Gasteiger partial charge in [0.25, 0.3) is 0 Å². The van der Waals surface area contributed by atoms with Gasteiger partial charge in [0, 0.05) is 0 Å². The lowest BCUT2D eigenvalue weighted by molar-refractivity contribution is -0.166. The Morgan fingerprint density at radius 2 is 1.82 bits per heavy atom. The summed E-state index contributed by atoms with van der Waals surface area (Å²) in [4.78, 5) is 13.2. The highest BCUT2D eigenvalue weighted by Crippen LogP contribution is 2.41. The van der Waals surface area contributed by atoms with E-state index in [1.165, 1.54) is 0 Å². The number of rotatable bonds is 8. The van der Waals surface area contributed by atoms with Gasteiger partial charge in [0.2, 0.25) is 6.79 Å². The summed E-state index contributed by atoms with van der Waals surface area (Å²) in [5.74, 6) is -1.37. The predicted molar refractivity (Wildman–Crippen MR) is 130 cm³/mol. The van der Waals surface area contributed by atoms with Crippen molar-refractivity contribution in [3.05, 3.63) is 23.8 Å². The molecule has 0 aliphatic carbocycles. The quantitative estimate of drug-likeness (QED) is 0.419. The van der Waals surface area contributed by atoms with Gasteiger partial charge in [0.1, 0.15) is 24.2 Å². The molecule has 34 heavy (non-hydrogen) atoms. The summed E-state index contributed by atoms with van der Waals surface area (Å²) in [5.41, 5.74) is 0.555. The number of carbonyl (C=O) groups is 1. The second-order valence-corrected chi connectivity index (χ2v) is 16.1. The van der Waals surface area contributed by atoms with E-state index in [4.69, 9.17) is 28.1 Å². The minimum Gasteiger partial charge on any atom is -0.462 e. The third-order valence-corrected chi connectivity index (χ3v) is 11.2. The molecule has 0 aromatic heterocycles. The largest absolute Gasteiger partial charge is 0.462 e. The molecule has 3 rings (SSSR count). The minimum absolute atomic E-state index is 0.0200. The molecule has 8 nitrogen and oxygen atoms in total. The molecule has 2 aliphatic heterocycles. The number of aliphatic hydroxyl groups excluding tert-OH is 1. The van der Waals surface area contributed by atoms with Crippen LogP contribution in [0.3, 0.4) is 0 Å². The Kier molecular flexibility index (Phi) is 7.75. The molecule has 1 N–H and O–H groups in total. The number of carbonyl (C=O) groups excluding carboxylic acids is 1. The summed E-state index contributed by atoms with van der Waals surface area (Å²) in [5, 5.41) is 11.6. The first kappa shape index (κ1) is 26.9. The van der Waals surface area contributed by atoms with Crippen LogP contribution < -0.4 is 9.47 Å². The summed E-state index contributed by atoms with van der Waals surface area (Å²) in [7, 11) is -2.07. The minimum atomic E-state index is -2.07. The molecule has 2 heterocycles. The summed E-state index contributed by atoms with van der Waals surface area (Å²) in [6.07, 6.45) is -2.93. The second-order valence-electron chi connectivity index (χ2n) is 11.3. The Morgan fingerprint density at radius 3 is 2.44 bits per heavy atom. The van der Waals surface area contributed by atoms with Crippen LogP contribution in [0.25, 0.3) is 0 Å². The van der Waals surface area contributed by atoms with E-state index in [-0.39, 0.29) is 24.5 Å². The van der Waals surface area contributed by atoms with E-state index in [0.717, 1.165) is 0 Å². The lowest BCUT2D eigenvalue weighted by Gasteiger charge is -2.37. The summed E-state index contributed by atoms with van der Waals surface area (Å²) in [6, 6.07) is 5.18. The summed E-state index contributed by atoms with van der Waals surface area (Å²) < 4.78 is 35.1. The van der Waals surface area contributed by atoms with Crippen molar-refractivity contribution in [1.82, 2.24) is 0 Å². The number of ether oxygens (including phenoxy) is 5. The van der Waals surface area contributed by atoms with E-state index in [1.807, 2.05) is 0 Å². The first-order valence-electron chi connectivity index (χ1n) is 11.9. The van der Waals surface area contributed by atoms with Crippen molar-refractivity contribution in [1.29, 1.82) is 0 Å². The highest BCUT2D eigenvalue weighted by atomic mass is 28.4. The van der Waals surface area contributed by atoms with Crippen LogP contribution in [-0.4, -0.2) is 63.0 Å². The fourth-order valence-electron chi connectivity index (χ4n) is 3.86. The zero-order valence-electron chi connectivity index (χ0n) is 21.8. The number of esters is 1. The molecule has 0 saturated carbocycles. The van der Waals surface area contributed by atoms with Crippen LogP contribution >= 0.6 is 0 Å². The monoisotopic (exact) mass is 496 g/mol. The normalized spacial score (nSPS) is 23.7. The molecule has 9 heteroatoms. The average Bonchev–Trinajstić information content (AvgIpc) is 3.28. The van der Waals surface area contributed by atoms with Gasteiger partial charge in [-0.15, -0.1) is 0 Å². The Morgan fingerprint density at radius 1 is 1.18 bits per heavy atom. The molecule has 0 spiro atoms. The van der Waals surface area contributed by atoms with Crippen molar-refractivity contribution in [2.75, 3.05) is 13.4 Å². The first-order chi connectivity index (χ1) is 15.6. The molecule has 0 unspecified atom stereocenters. The van der Waals surface area contributed by atoms with Gasteiger partial charge in [0.05, 0.1) is 12.7 Å². The molecule has 0 bridgehead atoms. The molecule has 1 saturated heterocycles. The van der Waals surface area contributed by atoms with Gasteiger partial charge in [0.15, 0.2) is 25.6 Å². The topological polar surface area (TPSA) is 92.7 Å². The Hall–Kier alpha value is -1.65. The standard InChI is InChI=1S/C25H40O8Si/c1-15(2)31-23(27)20(16-10-11-17-18(12-16)29-14-28-17)21(26)22-19(32-25(6,7)33-22)13-30-34(8,9)24(3,4)5/h10-12,15,19-22,26H,13-14H2,1-9H3/t19-,20+,21-,22+/m0/s1. The fraction of sp³-hybridized carbons (Fsp3) is 0.720. The van der Waals surface area contributed by atoms with Gasteiger partial charge < -0.3 is 33.2 Å². The van der Waals surface area contributed by atoms with E-state index in [1.54, 1.807) is 45.9 Å². The highest BCUT2D eigenvalue weighted by molar-refractivity contribution is 6.74. The lowest BCUT2D eigenvalue weighted by atomic mass is 9.88. The number of aliphatic hydroxyl groups is 1. The Labute approximate surface area is 203 Å². The van der Waals surface area contributed by atoms with Crippen molar-refractivity contribution < 1.29 is 38.0 Å². The molecule has 1 aromatic rings. The average molecular weight is 497 g/mol. The van der Waals surface area contributed by atoms with E-state index < -0.39 is 44.3 Å². The van der Waals surface area contributed by atoms with Gasteiger partial charge >= 0.3 is 5.97 Å². The molecular formula is C25H40O8Si. The number of benzene rings is 1. The van der Waals surface area contributed by atoms with Crippen molar-refractivity contribution >= 4 is 14.3 Å². The molecular weight excluding hydrogens is 456 g/mol. The zero-order chi connectivity index (χ0) is 25.5. The van der Waals surface area contributed by atoms with Crippen molar-refractivity contribution in [2.45, 2.75) is 103 Å². The van der Waals surface area contributed by atoms with Gasteiger partial charge in [-0.1, -0.05) is 26.8 Å². The Bertz CT molecular complexity index is 876. The fourth-order valence-corrected chi connectivity index (χ4v) is 4.88. The van der Waals surface area contributed by atoms with Crippen molar-refractivity contribution in [2.24, 2.45) is 0 Å². The maximum atomic E-state index is 13.2. The summed E-state index contributed by atoms with van der Waals surface area (Å²) in [6.45, 7) is 18.3. The van der Waals surface area contributed by atoms with E-state index in [9.17, 15) is 9.90 Å². The molecule has 1 fully saturated rings. The van der Waals surface area contributed by atoms with Gasteiger partial charge in [-0.05, 0) is 63.5 Å². The first-order valence-corrected chi connectivity index (χ1v) is 14.8. The van der Waals surface area contributed by atoms with Crippen molar-refractivity contribution in [3.8, 4) is 11.5 Å². The summed E-state index contributed by atoms with van der Waals surface area (Å²) >= 11 is 0. The van der Waals surface area contributed by atoms with E-state index in [2.05, 4.69) is 33.9 Å². The maximum absolute atomic E-state index is 13.2. The SMILES string of the molecule is CC(C)OC(=O)[C@H](c1ccc2c(c1)OCO2)[C@H](O)[C@@H]1OC(C)(C)O[C@H]1CO[Si](C)(C)C(C)(C)C. The number of hydrogen-bond donors (Lipinski definition) is 1. The van der Waals surface area contributed by atoms with Crippen LogP contribution in [0.15, 0.2) is 18.2 Å². The maximum Gasteiger partial charge on any atom is 0.316 e. The van der Waals surface area contributed by atoms with Crippen molar-refractivity contribution in [3.63, 3.8) is 0 Å².